The predicted molar refractivity (Wildman–Crippen MR) is 92.2 cm³/mol. The fourth-order valence-corrected chi connectivity index (χ4v) is 3.74. The number of hydrogen-bond acceptors (Lipinski definition) is 4. The first kappa shape index (κ1) is 16.4. The van der Waals surface area contributed by atoms with Gasteiger partial charge in [-0.15, -0.1) is 0 Å². The molecule has 1 aliphatic heterocycles. The number of benzene rings is 1. The van der Waals surface area contributed by atoms with Gasteiger partial charge in [-0.2, -0.15) is 0 Å². The number of rotatable bonds is 4. The van der Waals surface area contributed by atoms with Crippen molar-refractivity contribution >= 4 is 23.2 Å². The Morgan fingerprint density at radius 3 is 2.87 bits per heavy atom. The van der Waals surface area contributed by atoms with E-state index in [1.54, 1.807) is 7.11 Å². The van der Waals surface area contributed by atoms with Crippen molar-refractivity contribution < 1.29 is 9.53 Å². The van der Waals surface area contributed by atoms with Crippen molar-refractivity contribution in [3.8, 4) is 5.75 Å². The normalized spacial score (nSPS) is 23.1. The molecule has 1 saturated heterocycles. The van der Waals surface area contributed by atoms with Gasteiger partial charge in [0.1, 0.15) is 5.75 Å². The maximum absolute atomic E-state index is 12.4. The molecule has 3 rings (SSSR count). The first-order valence-corrected chi connectivity index (χ1v) is 8.58. The molecule has 6 heteroatoms. The second kappa shape index (κ2) is 6.57. The molecule has 1 aromatic carbocycles. The third-order valence-electron chi connectivity index (χ3n) is 4.95. The van der Waals surface area contributed by atoms with Crippen molar-refractivity contribution in [3.05, 3.63) is 23.2 Å². The Labute approximate surface area is 142 Å². The average Bonchev–Trinajstić information content (AvgIpc) is 3.17. The van der Waals surface area contributed by atoms with Crippen molar-refractivity contribution in [3.63, 3.8) is 0 Å². The van der Waals surface area contributed by atoms with Crippen LogP contribution in [0.15, 0.2) is 18.2 Å². The van der Waals surface area contributed by atoms with Crippen molar-refractivity contribution in [2.75, 3.05) is 25.1 Å². The van der Waals surface area contributed by atoms with Gasteiger partial charge in [-0.3, -0.25) is 4.79 Å². The number of halogens is 1. The monoisotopic (exact) mass is 337 g/mol. The lowest BCUT2D eigenvalue weighted by Crippen LogP contribution is -2.54. The lowest BCUT2D eigenvalue weighted by molar-refractivity contribution is -0.126. The van der Waals surface area contributed by atoms with E-state index in [0.717, 1.165) is 56.6 Å². The molecule has 0 aromatic heterocycles. The number of hydrogen-bond donors (Lipinski definition) is 2. The largest absolute Gasteiger partial charge is 0.495 e. The molecule has 1 amide bonds. The van der Waals surface area contributed by atoms with Gasteiger partial charge in [0, 0.05) is 24.2 Å². The number of methoxy groups -OCH3 is 1. The number of carbonyl (C=O) groups excluding carboxylic acids is 1. The average molecular weight is 338 g/mol. The molecular weight excluding hydrogens is 314 g/mol. The lowest BCUT2D eigenvalue weighted by Gasteiger charge is -2.25. The Morgan fingerprint density at radius 1 is 1.43 bits per heavy atom. The van der Waals surface area contributed by atoms with E-state index in [2.05, 4.69) is 10.2 Å². The minimum absolute atomic E-state index is 0.0000842. The second-order valence-electron chi connectivity index (χ2n) is 6.58. The Morgan fingerprint density at radius 2 is 2.17 bits per heavy atom. The molecule has 0 spiro atoms. The number of anilines is 1. The summed E-state index contributed by atoms with van der Waals surface area (Å²) in [5, 5.41) is 3.81. The van der Waals surface area contributed by atoms with Crippen LogP contribution in [-0.4, -0.2) is 37.7 Å². The molecule has 126 valence electrons. The summed E-state index contributed by atoms with van der Waals surface area (Å²) in [7, 11) is 1.65. The fraction of sp³-hybridized carbons (Fsp3) is 0.588. The molecule has 0 radical (unpaired) electrons. The van der Waals surface area contributed by atoms with Crippen molar-refractivity contribution in [1.82, 2.24) is 5.32 Å². The lowest BCUT2D eigenvalue weighted by atomic mass is 9.97. The van der Waals surface area contributed by atoms with Crippen LogP contribution >= 0.6 is 11.6 Å². The summed E-state index contributed by atoms with van der Waals surface area (Å²) >= 11 is 6.11. The standard InChI is InChI=1S/C17H24ClN3O2/c1-23-15-5-4-12(18)10-14(15)21-9-6-13(11-21)20-16(22)17(19)7-2-3-8-17/h4-5,10,13H,2-3,6-9,11,19H2,1H3,(H,20,22). The van der Waals surface area contributed by atoms with Crippen LogP contribution in [0.5, 0.6) is 5.75 Å². The number of amides is 1. The van der Waals surface area contributed by atoms with Crippen LogP contribution in [0.3, 0.4) is 0 Å². The molecule has 1 aromatic rings. The Bertz CT molecular complexity index is 587. The molecule has 1 heterocycles. The first-order chi connectivity index (χ1) is 11.0. The number of nitrogens with zero attached hydrogens (tertiary/aromatic N) is 1. The zero-order chi connectivity index (χ0) is 16.4. The highest BCUT2D eigenvalue weighted by molar-refractivity contribution is 6.30. The van der Waals surface area contributed by atoms with Crippen LogP contribution in [0.2, 0.25) is 5.02 Å². The molecule has 2 fully saturated rings. The van der Waals surface area contributed by atoms with E-state index in [-0.39, 0.29) is 11.9 Å². The molecule has 1 unspecified atom stereocenters. The minimum atomic E-state index is -0.666. The Kier molecular flexibility index (Phi) is 4.69. The van der Waals surface area contributed by atoms with Gasteiger partial charge in [-0.1, -0.05) is 24.4 Å². The highest BCUT2D eigenvalue weighted by Crippen LogP contribution is 2.33. The van der Waals surface area contributed by atoms with E-state index < -0.39 is 5.54 Å². The minimum Gasteiger partial charge on any atom is -0.495 e. The molecule has 23 heavy (non-hydrogen) atoms. The maximum atomic E-state index is 12.4. The molecule has 1 aliphatic carbocycles. The van der Waals surface area contributed by atoms with Crippen LogP contribution in [0.1, 0.15) is 32.1 Å². The Balaban J connectivity index is 1.65. The molecular formula is C17H24ClN3O2. The van der Waals surface area contributed by atoms with E-state index >= 15 is 0 Å². The summed E-state index contributed by atoms with van der Waals surface area (Å²) in [6.07, 6.45) is 4.56. The first-order valence-electron chi connectivity index (χ1n) is 8.20. The quantitative estimate of drug-likeness (QED) is 0.884. The number of nitrogens with one attached hydrogen (secondary N) is 1. The van der Waals surface area contributed by atoms with Gasteiger partial charge in [-0.05, 0) is 37.5 Å². The van der Waals surface area contributed by atoms with E-state index in [9.17, 15) is 4.79 Å². The smallest absolute Gasteiger partial charge is 0.240 e. The van der Waals surface area contributed by atoms with Crippen LogP contribution in [0.25, 0.3) is 0 Å². The predicted octanol–water partition coefficient (Wildman–Crippen LogP) is 2.32. The van der Waals surface area contributed by atoms with Gasteiger partial charge >= 0.3 is 0 Å². The van der Waals surface area contributed by atoms with Crippen molar-refractivity contribution in [2.45, 2.75) is 43.7 Å². The third-order valence-corrected chi connectivity index (χ3v) is 5.19. The van der Waals surface area contributed by atoms with E-state index in [1.165, 1.54) is 0 Å². The molecule has 0 bridgehead atoms. The summed E-state index contributed by atoms with van der Waals surface area (Å²) in [6.45, 7) is 1.61. The Hall–Kier alpha value is -1.46. The summed E-state index contributed by atoms with van der Waals surface area (Å²) in [5.74, 6) is 0.798. The van der Waals surface area contributed by atoms with Crippen molar-refractivity contribution in [1.29, 1.82) is 0 Å². The third kappa shape index (κ3) is 3.40. The molecule has 3 N–H and O–H groups in total. The SMILES string of the molecule is COc1ccc(Cl)cc1N1CCC(NC(=O)C2(N)CCCC2)C1. The zero-order valence-electron chi connectivity index (χ0n) is 13.5. The van der Waals surface area contributed by atoms with Crippen LogP contribution in [-0.2, 0) is 4.79 Å². The zero-order valence-corrected chi connectivity index (χ0v) is 14.2. The number of ether oxygens (including phenoxy) is 1. The van der Waals surface area contributed by atoms with E-state index in [4.69, 9.17) is 22.1 Å². The van der Waals surface area contributed by atoms with Gasteiger partial charge in [0.25, 0.3) is 0 Å². The van der Waals surface area contributed by atoms with Gasteiger partial charge in [-0.25, -0.2) is 0 Å². The molecule has 5 nitrogen and oxygen atoms in total. The van der Waals surface area contributed by atoms with E-state index in [1.807, 2.05) is 18.2 Å². The van der Waals surface area contributed by atoms with Gasteiger partial charge in [0.05, 0.1) is 18.3 Å². The van der Waals surface area contributed by atoms with Crippen LogP contribution in [0.4, 0.5) is 5.69 Å². The van der Waals surface area contributed by atoms with Crippen LogP contribution in [0, 0.1) is 0 Å². The summed E-state index contributed by atoms with van der Waals surface area (Å²) < 4.78 is 5.42. The highest BCUT2D eigenvalue weighted by atomic mass is 35.5. The van der Waals surface area contributed by atoms with Gasteiger partial charge < -0.3 is 20.7 Å². The van der Waals surface area contributed by atoms with Crippen molar-refractivity contribution in [2.24, 2.45) is 5.73 Å². The van der Waals surface area contributed by atoms with Gasteiger partial charge in [0.2, 0.25) is 5.91 Å². The molecule has 1 saturated carbocycles. The number of nitrogens with two attached hydrogens (primary N) is 1. The maximum Gasteiger partial charge on any atom is 0.240 e. The summed E-state index contributed by atoms with van der Waals surface area (Å²) in [4.78, 5) is 14.6. The van der Waals surface area contributed by atoms with Gasteiger partial charge in [0.15, 0.2) is 0 Å². The number of carbonyl (C=O) groups is 1. The molecule has 1 atom stereocenters. The summed E-state index contributed by atoms with van der Waals surface area (Å²) in [6, 6.07) is 5.72. The fourth-order valence-electron chi connectivity index (χ4n) is 3.57. The topological polar surface area (TPSA) is 67.6 Å². The highest BCUT2D eigenvalue weighted by Gasteiger charge is 2.38. The summed E-state index contributed by atoms with van der Waals surface area (Å²) in [5.41, 5.74) is 6.54. The second-order valence-corrected chi connectivity index (χ2v) is 7.02. The van der Waals surface area contributed by atoms with Crippen LogP contribution < -0.4 is 20.7 Å². The van der Waals surface area contributed by atoms with E-state index in [0.29, 0.717) is 5.02 Å². The molecule has 2 aliphatic rings.